The van der Waals surface area contributed by atoms with Crippen molar-refractivity contribution in [3.63, 3.8) is 0 Å². The van der Waals surface area contributed by atoms with Crippen LogP contribution in [0.2, 0.25) is 0 Å². The third-order valence-electron chi connectivity index (χ3n) is 3.78. The average molecular weight is 336 g/mol. The lowest BCUT2D eigenvalue weighted by Crippen LogP contribution is -2.12. The number of amides is 1. The summed E-state index contributed by atoms with van der Waals surface area (Å²) in [4.78, 5) is 16.5. The molecule has 0 spiro atoms. The Labute approximate surface area is 146 Å². The molecule has 0 aliphatic carbocycles. The van der Waals surface area contributed by atoms with Gasteiger partial charge in [-0.1, -0.05) is 24.3 Å². The van der Waals surface area contributed by atoms with Gasteiger partial charge in [-0.25, -0.2) is 4.98 Å². The number of benzene rings is 2. The number of nitrogens with zero attached hydrogens (tertiary/aromatic N) is 2. The highest BCUT2D eigenvalue weighted by atomic mass is 16.5. The van der Waals surface area contributed by atoms with Gasteiger partial charge in [-0.05, 0) is 43.2 Å². The van der Waals surface area contributed by atoms with E-state index in [1.54, 1.807) is 7.11 Å². The molecule has 2 aromatic carbocycles. The first-order valence-corrected chi connectivity index (χ1v) is 8.06. The van der Waals surface area contributed by atoms with Crippen LogP contribution in [0.25, 0.3) is 11.4 Å². The van der Waals surface area contributed by atoms with Gasteiger partial charge in [0.15, 0.2) is 5.82 Å². The second-order valence-corrected chi connectivity index (χ2v) is 5.72. The zero-order valence-electron chi connectivity index (χ0n) is 14.2. The number of aromatic nitrogens is 3. The fourth-order valence-electron chi connectivity index (χ4n) is 2.52. The van der Waals surface area contributed by atoms with Gasteiger partial charge < -0.3 is 10.1 Å². The first kappa shape index (κ1) is 16.7. The molecule has 25 heavy (non-hydrogen) atoms. The van der Waals surface area contributed by atoms with Crippen LogP contribution in [0.1, 0.15) is 17.8 Å². The Morgan fingerprint density at radius 1 is 1.20 bits per heavy atom. The molecule has 3 aromatic rings. The lowest BCUT2D eigenvalue weighted by Gasteiger charge is -2.07. The zero-order chi connectivity index (χ0) is 17.6. The molecule has 0 atom stereocenters. The maximum absolute atomic E-state index is 12.2. The summed E-state index contributed by atoms with van der Waals surface area (Å²) in [7, 11) is 1.63. The summed E-state index contributed by atoms with van der Waals surface area (Å²) in [6.45, 7) is 1.85. The van der Waals surface area contributed by atoms with E-state index < -0.39 is 0 Å². The molecule has 6 heteroatoms. The molecule has 128 valence electrons. The van der Waals surface area contributed by atoms with E-state index in [1.807, 2.05) is 55.5 Å². The van der Waals surface area contributed by atoms with Crippen LogP contribution in [-0.4, -0.2) is 28.2 Å². The number of hydrogen-bond donors (Lipinski definition) is 2. The molecule has 0 radical (unpaired) electrons. The zero-order valence-corrected chi connectivity index (χ0v) is 14.2. The van der Waals surface area contributed by atoms with E-state index in [-0.39, 0.29) is 5.91 Å². The molecular formula is C19H20N4O2. The Hall–Kier alpha value is -3.15. The molecule has 6 nitrogen and oxygen atoms in total. The minimum absolute atomic E-state index is 0.0360. The van der Waals surface area contributed by atoms with Gasteiger partial charge in [-0.2, -0.15) is 5.10 Å². The number of aromatic amines is 1. The summed E-state index contributed by atoms with van der Waals surface area (Å²) >= 11 is 0. The molecule has 0 aliphatic rings. The molecule has 0 saturated heterocycles. The fraction of sp³-hybridized carbons (Fsp3) is 0.211. The van der Waals surface area contributed by atoms with Crippen molar-refractivity contribution in [1.82, 2.24) is 15.2 Å². The SMILES string of the molecule is COc1cccc(CCC(=O)Nc2cccc(-c3n[nH]c(C)n3)c2)c1. The number of H-pyrrole nitrogens is 1. The number of carbonyl (C=O) groups excluding carboxylic acids is 1. The second-order valence-electron chi connectivity index (χ2n) is 5.72. The van der Waals surface area contributed by atoms with Crippen LogP contribution in [0.3, 0.4) is 0 Å². The number of rotatable bonds is 6. The predicted octanol–water partition coefficient (Wildman–Crippen LogP) is 3.36. The van der Waals surface area contributed by atoms with Crippen molar-refractivity contribution >= 4 is 11.6 Å². The van der Waals surface area contributed by atoms with E-state index in [9.17, 15) is 4.79 Å². The highest BCUT2D eigenvalue weighted by Gasteiger charge is 2.07. The van der Waals surface area contributed by atoms with Crippen LogP contribution >= 0.6 is 0 Å². The van der Waals surface area contributed by atoms with Crippen molar-refractivity contribution in [3.05, 3.63) is 59.9 Å². The Morgan fingerprint density at radius 2 is 2.04 bits per heavy atom. The minimum Gasteiger partial charge on any atom is -0.497 e. The third kappa shape index (κ3) is 4.44. The van der Waals surface area contributed by atoms with Gasteiger partial charge in [0.25, 0.3) is 0 Å². The maximum Gasteiger partial charge on any atom is 0.224 e. The average Bonchev–Trinajstić information content (AvgIpc) is 3.07. The highest BCUT2D eigenvalue weighted by molar-refractivity contribution is 5.91. The Bertz CT molecular complexity index is 873. The number of hydrogen-bond acceptors (Lipinski definition) is 4. The summed E-state index contributed by atoms with van der Waals surface area (Å²) in [5.74, 6) is 2.13. The van der Waals surface area contributed by atoms with Crippen molar-refractivity contribution in [2.75, 3.05) is 12.4 Å². The number of anilines is 1. The van der Waals surface area contributed by atoms with Crippen molar-refractivity contribution in [1.29, 1.82) is 0 Å². The Balaban J connectivity index is 1.61. The molecule has 0 fully saturated rings. The predicted molar refractivity (Wildman–Crippen MR) is 96.5 cm³/mol. The molecule has 0 unspecified atom stereocenters. The normalized spacial score (nSPS) is 10.5. The molecular weight excluding hydrogens is 316 g/mol. The van der Waals surface area contributed by atoms with Crippen LogP contribution in [0.5, 0.6) is 5.75 Å². The third-order valence-corrected chi connectivity index (χ3v) is 3.78. The number of methoxy groups -OCH3 is 1. The molecule has 3 rings (SSSR count). The van der Waals surface area contributed by atoms with Gasteiger partial charge in [0.05, 0.1) is 7.11 Å². The summed E-state index contributed by atoms with van der Waals surface area (Å²) in [6.07, 6.45) is 1.06. The minimum atomic E-state index is -0.0360. The Morgan fingerprint density at radius 3 is 2.80 bits per heavy atom. The number of aryl methyl sites for hydroxylation is 2. The largest absolute Gasteiger partial charge is 0.497 e. The van der Waals surface area contributed by atoms with Gasteiger partial charge in [0, 0.05) is 17.7 Å². The monoisotopic (exact) mass is 336 g/mol. The van der Waals surface area contributed by atoms with Gasteiger partial charge >= 0.3 is 0 Å². The van der Waals surface area contributed by atoms with E-state index in [2.05, 4.69) is 20.5 Å². The van der Waals surface area contributed by atoms with E-state index in [0.717, 1.165) is 28.4 Å². The molecule has 2 N–H and O–H groups in total. The van der Waals surface area contributed by atoms with Crippen LogP contribution in [0.4, 0.5) is 5.69 Å². The quantitative estimate of drug-likeness (QED) is 0.723. The lowest BCUT2D eigenvalue weighted by molar-refractivity contribution is -0.116. The van der Waals surface area contributed by atoms with E-state index >= 15 is 0 Å². The van der Waals surface area contributed by atoms with Gasteiger partial charge in [-0.3, -0.25) is 9.89 Å². The van der Waals surface area contributed by atoms with E-state index in [0.29, 0.717) is 18.7 Å². The molecule has 1 amide bonds. The van der Waals surface area contributed by atoms with Gasteiger partial charge in [0.1, 0.15) is 11.6 Å². The van der Waals surface area contributed by atoms with E-state index in [1.165, 1.54) is 0 Å². The molecule has 0 bridgehead atoms. The van der Waals surface area contributed by atoms with Crippen molar-refractivity contribution in [2.24, 2.45) is 0 Å². The lowest BCUT2D eigenvalue weighted by atomic mass is 10.1. The molecule has 0 aliphatic heterocycles. The molecule has 0 saturated carbocycles. The highest BCUT2D eigenvalue weighted by Crippen LogP contribution is 2.20. The van der Waals surface area contributed by atoms with E-state index in [4.69, 9.17) is 4.74 Å². The number of ether oxygens (including phenoxy) is 1. The first-order valence-electron chi connectivity index (χ1n) is 8.06. The topological polar surface area (TPSA) is 79.9 Å². The van der Waals surface area contributed by atoms with Gasteiger partial charge in [0.2, 0.25) is 5.91 Å². The van der Waals surface area contributed by atoms with Crippen LogP contribution < -0.4 is 10.1 Å². The molecule has 1 aromatic heterocycles. The van der Waals surface area contributed by atoms with Crippen LogP contribution in [0, 0.1) is 6.92 Å². The van der Waals surface area contributed by atoms with Crippen LogP contribution in [-0.2, 0) is 11.2 Å². The smallest absolute Gasteiger partial charge is 0.224 e. The number of nitrogens with one attached hydrogen (secondary N) is 2. The second kappa shape index (κ2) is 7.61. The number of carbonyl (C=O) groups is 1. The molecule has 1 heterocycles. The van der Waals surface area contributed by atoms with Crippen molar-refractivity contribution in [3.8, 4) is 17.1 Å². The Kier molecular flexibility index (Phi) is 5.09. The summed E-state index contributed by atoms with van der Waals surface area (Å²) in [6, 6.07) is 15.3. The fourth-order valence-corrected chi connectivity index (χ4v) is 2.52. The summed E-state index contributed by atoms with van der Waals surface area (Å²) in [5.41, 5.74) is 2.66. The first-order chi connectivity index (χ1) is 12.1. The standard InChI is InChI=1S/C19H20N4O2/c1-13-20-19(23-22-13)15-6-4-7-16(12-15)21-18(24)10-9-14-5-3-8-17(11-14)25-2/h3-8,11-12H,9-10H2,1-2H3,(H,21,24)(H,20,22,23). The summed E-state index contributed by atoms with van der Waals surface area (Å²) < 4.78 is 5.20. The van der Waals surface area contributed by atoms with Crippen molar-refractivity contribution < 1.29 is 9.53 Å². The van der Waals surface area contributed by atoms with Gasteiger partial charge in [-0.15, -0.1) is 0 Å². The van der Waals surface area contributed by atoms with Crippen LogP contribution in [0.15, 0.2) is 48.5 Å². The maximum atomic E-state index is 12.2. The van der Waals surface area contributed by atoms with Crippen molar-refractivity contribution in [2.45, 2.75) is 19.8 Å². The summed E-state index contributed by atoms with van der Waals surface area (Å²) in [5, 5.41) is 9.88.